The van der Waals surface area contributed by atoms with Crippen LogP contribution in [0.5, 0.6) is 0 Å². The molecule has 1 fully saturated rings. The van der Waals surface area contributed by atoms with Gasteiger partial charge in [0.1, 0.15) is 0 Å². The van der Waals surface area contributed by atoms with E-state index in [9.17, 15) is 4.79 Å². The number of nitrogens with zero attached hydrogens (tertiary/aromatic N) is 1. The zero-order valence-electron chi connectivity index (χ0n) is 8.29. The van der Waals surface area contributed by atoms with Crippen LogP contribution in [0.2, 0.25) is 0 Å². The lowest BCUT2D eigenvalue weighted by atomic mass is 9.93. The lowest BCUT2D eigenvalue weighted by Gasteiger charge is -2.26. The molecule has 3 heteroatoms. The number of ketones is 1. The zero-order chi connectivity index (χ0) is 9.97. The van der Waals surface area contributed by atoms with E-state index < -0.39 is 0 Å². The summed E-state index contributed by atoms with van der Waals surface area (Å²) in [5, 5.41) is 3.16. The number of pyridine rings is 1. The minimum Gasteiger partial charge on any atom is -0.316 e. The maximum atomic E-state index is 11.8. The Morgan fingerprint density at radius 2 is 2.43 bits per heavy atom. The van der Waals surface area contributed by atoms with Gasteiger partial charge in [-0.3, -0.25) is 9.78 Å². The Hall–Kier alpha value is -1.22. The predicted molar refractivity (Wildman–Crippen MR) is 54.3 cm³/mol. The highest BCUT2D eigenvalue weighted by Crippen LogP contribution is 2.15. The summed E-state index contributed by atoms with van der Waals surface area (Å²) >= 11 is 0. The average molecular weight is 190 g/mol. The third-order valence-corrected chi connectivity index (χ3v) is 2.68. The number of nitrogens with one attached hydrogen (secondary N) is 1. The molecule has 2 rings (SSSR count). The lowest BCUT2D eigenvalue weighted by Crippen LogP contribution is -2.43. The predicted octanol–water partition coefficient (Wildman–Crippen LogP) is 1.18. The molecule has 3 nitrogen and oxygen atoms in total. The van der Waals surface area contributed by atoms with Gasteiger partial charge in [-0.05, 0) is 37.6 Å². The van der Waals surface area contributed by atoms with E-state index in [1.165, 1.54) is 0 Å². The first kappa shape index (κ1) is 9.34. The zero-order valence-corrected chi connectivity index (χ0v) is 8.29. The van der Waals surface area contributed by atoms with Crippen molar-refractivity contribution < 1.29 is 4.79 Å². The van der Waals surface area contributed by atoms with Gasteiger partial charge in [0, 0.05) is 24.4 Å². The molecule has 0 saturated carbocycles. The van der Waals surface area contributed by atoms with Gasteiger partial charge in [0.15, 0.2) is 5.78 Å². The van der Waals surface area contributed by atoms with Crippen molar-refractivity contribution in [1.29, 1.82) is 0 Å². The van der Waals surface area contributed by atoms with Crippen molar-refractivity contribution in [2.45, 2.75) is 13.3 Å². The first-order valence-corrected chi connectivity index (χ1v) is 4.92. The minimum absolute atomic E-state index is 0.224. The van der Waals surface area contributed by atoms with Crippen LogP contribution in [0.4, 0.5) is 0 Å². The molecule has 1 N–H and O–H groups in total. The van der Waals surface area contributed by atoms with Crippen molar-refractivity contribution in [1.82, 2.24) is 10.3 Å². The molecule has 0 amide bonds. The summed E-state index contributed by atoms with van der Waals surface area (Å²) in [6.07, 6.45) is 4.04. The lowest BCUT2D eigenvalue weighted by molar-refractivity contribution is 0.0944. The number of hydrogen-bond acceptors (Lipinski definition) is 3. The smallest absolute Gasteiger partial charge is 0.165 e. The van der Waals surface area contributed by atoms with E-state index in [2.05, 4.69) is 10.3 Å². The molecular weight excluding hydrogens is 176 g/mol. The van der Waals surface area contributed by atoms with Gasteiger partial charge in [0.25, 0.3) is 0 Å². The van der Waals surface area contributed by atoms with Crippen molar-refractivity contribution in [3.05, 3.63) is 29.6 Å². The van der Waals surface area contributed by atoms with Gasteiger partial charge in [-0.25, -0.2) is 0 Å². The largest absolute Gasteiger partial charge is 0.316 e. The maximum absolute atomic E-state index is 11.8. The van der Waals surface area contributed by atoms with Crippen LogP contribution < -0.4 is 5.32 Å². The Morgan fingerprint density at radius 1 is 1.64 bits per heavy atom. The van der Waals surface area contributed by atoms with Crippen LogP contribution in [0.1, 0.15) is 22.3 Å². The molecule has 1 aliphatic heterocycles. The van der Waals surface area contributed by atoms with E-state index in [-0.39, 0.29) is 5.78 Å². The Balaban J connectivity index is 2.06. The second-order valence-corrected chi connectivity index (χ2v) is 3.84. The molecular formula is C11H14N2O. The number of hydrogen-bond donors (Lipinski definition) is 1. The molecule has 1 aromatic rings. The van der Waals surface area contributed by atoms with Crippen LogP contribution in [-0.2, 0) is 0 Å². The quantitative estimate of drug-likeness (QED) is 0.728. The topological polar surface area (TPSA) is 42.0 Å². The van der Waals surface area contributed by atoms with E-state index in [0.717, 1.165) is 24.2 Å². The van der Waals surface area contributed by atoms with Crippen LogP contribution >= 0.6 is 0 Å². The maximum Gasteiger partial charge on any atom is 0.165 e. The van der Waals surface area contributed by atoms with Gasteiger partial charge in [0.05, 0.1) is 0 Å². The van der Waals surface area contributed by atoms with E-state index in [1.54, 1.807) is 12.4 Å². The number of aromatic nitrogens is 1. The molecule has 1 saturated heterocycles. The van der Waals surface area contributed by atoms with Gasteiger partial charge < -0.3 is 5.32 Å². The van der Waals surface area contributed by atoms with Crippen molar-refractivity contribution in [2.75, 3.05) is 13.1 Å². The van der Waals surface area contributed by atoms with E-state index in [4.69, 9.17) is 0 Å². The molecule has 0 aliphatic carbocycles. The molecule has 0 atom stereocenters. The van der Waals surface area contributed by atoms with Gasteiger partial charge in [-0.2, -0.15) is 0 Å². The molecule has 74 valence electrons. The third-order valence-electron chi connectivity index (χ3n) is 2.68. The van der Waals surface area contributed by atoms with Crippen LogP contribution in [0, 0.1) is 12.8 Å². The summed E-state index contributed by atoms with van der Waals surface area (Å²) < 4.78 is 0. The molecule has 0 bridgehead atoms. The average Bonchev–Trinajstić information content (AvgIpc) is 2.12. The molecule has 0 spiro atoms. The van der Waals surface area contributed by atoms with Crippen LogP contribution in [0.25, 0.3) is 0 Å². The summed E-state index contributed by atoms with van der Waals surface area (Å²) in [5.74, 6) is 0.754. The first-order chi connectivity index (χ1) is 6.77. The Kier molecular flexibility index (Phi) is 2.59. The fourth-order valence-electron chi connectivity index (χ4n) is 1.62. The summed E-state index contributed by atoms with van der Waals surface area (Å²) in [6.45, 7) is 3.91. The highest BCUT2D eigenvalue weighted by molar-refractivity contribution is 5.97. The van der Waals surface area contributed by atoms with Gasteiger partial charge >= 0.3 is 0 Å². The normalized spacial score (nSPS) is 16.4. The second kappa shape index (κ2) is 3.88. The summed E-state index contributed by atoms with van der Waals surface area (Å²) in [4.78, 5) is 15.8. The molecule has 0 radical (unpaired) electrons. The number of Topliss-reactive ketones (excluding diaryl/α,β-unsaturated/α-hetero) is 1. The Labute approximate surface area is 83.5 Å². The van der Waals surface area contributed by atoms with Crippen molar-refractivity contribution >= 4 is 5.78 Å². The van der Waals surface area contributed by atoms with Crippen molar-refractivity contribution in [3.63, 3.8) is 0 Å². The SMILES string of the molecule is Cc1ccncc1C(=O)CC1CNC1. The second-order valence-electron chi connectivity index (χ2n) is 3.84. The summed E-state index contributed by atoms with van der Waals surface area (Å²) in [6, 6.07) is 1.88. The van der Waals surface area contributed by atoms with Gasteiger partial charge in [-0.15, -0.1) is 0 Å². The van der Waals surface area contributed by atoms with Crippen LogP contribution in [-0.4, -0.2) is 23.9 Å². The first-order valence-electron chi connectivity index (χ1n) is 4.92. The van der Waals surface area contributed by atoms with E-state index in [0.29, 0.717) is 12.3 Å². The molecule has 1 aromatic heterocycles. The number of carbonyl (C=O) groups is 1. The highest BCUT2D eigenvalue weighted by atomic mass is 16.1. The fraction of sp³-hybridized carbons (Fsp3) is 0.455. The number of carbonyl (C=O) groups excluding carboxylic acids is 1. The number of rotatable bonds is 3. The van der Waals surface area contributed by atoms with Crippen LogP contribution in [0.3, 0.4) is 0 Å². The number of aryl methyl sites for hydroxylation is 1. The van der Waals surface area contributed by atoms with Crippen molar-refractivity contribution in [3.8, 4) is 0 Å². The standard InChI is InChI=1S/C11H14N2O/c1-8-2-3-12-7-10(8)11(14)4-9-5-13-6-9/h2-3,7,9,13H,4-6H2,1H3. The third kappa shape index (κ3) is 1.82. The fourth-order valence-corrected chi connectivity index (χ4v) is 1.62. The Bertz CT molecular complexity index is 345. The monoisotopic (exact) mass is 190 g/mol. The van der Waals surface area contributed by atoms with Gasteiger partial charge in [-0.1, -0.05) is 0 Å². The molecule has 14 heavy (non-hydrogen) atoms. The van der Waals surface area contributed by atoms with Crippen molar-refractivity contribution in [2.24, 2.45) is 5.92 Å². The molecule has 1 aliphatic rings. The minimum atomic E-state index is 0.224. The van der Waals surface area contributed by atoms with Crippen LogP contribution in [0.15, 0.2) is 18.5 Å². The molecule has 0 unspecified atom stereocenters. The molecule has 2 heterocycles. The highest BCUT2D eigenvalue weighted by Gasteiger charge is 2.21. The summed E-state index contributed by atoms with van der Waals surface area (Å²) in [5.41, 5.74) is 1.80. The van der Waals surface area contributed by atoms with E-state index >= 15 is 0 Å². The van der Waals surface area contributed by atoms with E-state index in [1.807, 2.05) is 13.0 Å². The van der Waals surface area contributed by atoms with Gasteiger partial charge in [0.2, 0.25) is 0 Å². The summed E-state index contributed by atoms with van der Waals surface area (Å²) in [7, 11) is 0. The molecule has 0 aromatic carbocycles. The Morgan fingerprint density at radius 3 is 3.00 bits per heavy atom.